The molecule has 1 aromatic carbocycles. The van der Waals surface area contributed by atoms with Crippen LogP contribution in [0.4, 0.5) is 10.2 Å². The Kier molecular flexibility index (Phi) is 6.15. The molecule has 2 saturated heterocycles. The standard InChI is InChI=1S/C22H27FN5O7P/c1-21(2)8-14(12-5-4-6-13(23)7-12)34-36(31,35-21)32-9-15-17(29)22(3,30)20(33-15)28-11-27-16-18(24)25-10-26-19(16)28/h4-7,10-11,14-15,17,20,29-30H,8-9H2,1-3H3,(H2,24,25,26)/t14-,15+,17+,20+,22+,36+/m0/s1. The fraction of sp³-hybridized carbons (Fsp3) is 0.500. The van der Waals surface area contributed by atoms with Gasteiger partial charge in [0.05, 0.1) is 24.6 Å². The third kappa shape index (κ3) is 4.52. The summed E-state index contributed by atoms with van der Waals surface area (Å²) in [5.41, 5.74) is 4.23. The molecule has 0 aliphatic carbocycles. The molecule has 6 atom stereocenters. The number of nitrogens with two attached hydrogens (primary N) is 1. The van der Waals surface area contributed by atoms with Gasteiger partial charge < -0.3 is 20.7 Å². The average Bonchev–Trinajstić information content (AvgIpc) is 3.31. The zero-order chi connectivity index (χ0) is 25.9. The van der Waals surface area contributed by atoms with E-state index in [9.17, 15) is 19.2 Å². The van der Waals surface area contributed by atoms with Crippen LogP contribution in [0, 0.1) is 5.82 Å². The van der Waals surface area contributed by atoms with Crippen LogP contribution in [0.3, 0.4) is 0 Å². The van der Waals surface area contributed by atoms with E-state index < -0.39 is 56.0 Å². The van der Waals surface area contributed by atoms with Gasteiger partial charge in [-0.3, -0.25) is 18.1 Å². The van der Waals surface area contributed by atoms with Gasteiger partial charge in [0.15, 0.2) is 17.7 Å². The Labute approximate surface area is 205 Å². The summed E-state index contributed by atoms with van der Waals surface area (Å²) < 4.78 is 51.4. The lowest BCUT2D eigenvalue weighted by Gasteiger charge is -2.39. The van der Waals surface area contributed by atoms with Crippen molar-refractivity contribution >= 4 is 24.8 Å². The summed E-state index contributed by atoms with van der Waals surface area (Å²) in [5, 5.41) is 21.9. The fourth-order valence-electron chi connectivity index (χ4n) is 4.53. The summed E-state index contributed by atoms with van der Waals surface area (Å²) in [6.45, 7) is 4.40. The number of imidazole rings is 1. The molecule has 2 aromatic heterocycles. The van der Waals surface area contributed by atoms with Crippen molar-refractivity contribution in [2.75, 3.05) is 12.3 Å². The van der Waals surface area contributed by atoms with Crippen LogP contribution in [-0.4, -0.2) is 59.7 Å². The summed E-state index contributed by atoms with van der Waals surface area (Å²) in [6, 6.07) is 5.80. The van der Waals surface area contributed by atoms with Crippen molar-refractivity contribution in [3.8, 4) is 0 Å². The minimum atomic E-state index is -4.17. The van der Waals surface area contributed by atoms with E-state index in [0.717, 1.165) is 0 Å². The van der Waals surface area contributed by atoms with Crippen LogP contribution in [0.25, 0.3) is 11.2 Å². The van der Waals surface area contributed by atoms with E-state index in [4.69, 9.17) is 24.0 Å². The molecule has 2 aliphatic heterocycles. The molecule has 4 heterocycles. The second-order valence-electron chi connectivity index (χ2n) is 9.73. The predicted molar refractivity (Wildman–Crippen MR) is 124 cm³/mol. The number of fused-ring (bicyclic) bond motifs is 1. The number of nitrogen functional groups attached to an aromatic ring is 1. The van der Waals surface area contributed by atoms with Crippen LogP contribution in [0.5, 0.6) is 0 Å². The van der Waals surface area contributed by atoms with Crippen molar-refractivity contribution < 1.29 is 37.5 Å². The summed E-state index contributed by atoms with van der Waals surface area (Å²) >= 11 is 0. The minimum absolute atomic E-state index is 0.150. The molecule has 0 unspecified atom stereocenters. The lowest BCUT2D eigenvalue weighted by Crippen LogP contribution is -2.44. The molecule has 194 valence electrons. The van der Waals surface area contributed by atoms with Crippen molar-refractivity contribution in [3.05, 3.63) is 48.3 Å². The van der Waals surface area contributed by atoms with Crippen LogP contribution in [0.2, 0.25) is 0 Å². The molecule has 0 saturated carbocycles. The van der Waals surface area contributed by atoms with Crippen molar-refractivity contribution in [2.24, 2.45) is 0 Å². The molecular weight excluding hydrogens is 496 g/mol. The SMILES string of the molecule is CC1(C)C[C@@H](c2cccc(F)c2)O[P@@](=O)(OC[C@H]2O[C@@H](n3cnc4c(N)ncnc43)[C@](C)(O)[C@@H]2O)O1. The maximum atomic E-state index is 13.8. The number of rotatable bonds is 5. The Morgan fingerprint density at radius 3 is 2.83 bits per heavy atom. The Morgan fingerprint density at radius 2 is 2.08 bits per heavy atom. The highest BCUT2D eigenvalue weighted by Gasteiger charge is 2.55. The van der Waals surface area contributed by atoms with Gasteiger partial charge in [-0.2, -0.15) is 0 Å². The Balaban J connectivity index is 1.35. The number of hydrogen-bond acceptors (Lipinski definition) is 11. The van der Waals surface area contributed by atoms with Gasteiger partial charge in [0, 0.05) is 6.42 Å². The van der Waals surface area contributed by atoms with E-state index >= 15 is 0 Å². The van der Waals surface area contributed by atoms with Gasteiger partial charge in [-0.05, 0) is 38.5 Å². The number of phosphoric acid groups is 1. The number of ether oxygens (including phenoxy) is 1. The maximum absolute atomic E-state index is 13.8. The van der Waals surface area contributed by atoms with Gasteiger partial charge in [-0.1, -0.05) is 12.1 Å². The van der Waals surface area contributed by atoms with Gasteiger partial charge in [0.1, 0.15) is 35.5 Å². The topological polar surface area (TPSA) is 164 Å². The van der Waals surface area contributed by atoms with Crippen molar-refractivity contribution in [1.29, 1.82) is 0 Å². The zero-order valence-corrected chi connectivity index (χ0v) is 20.7. The Morgan fingerprint density at radius 1 is 1.31 bits per heavy atom. The molecular formula is C22H27FN5O7P. The highest BCUT2D eigenvalue weighted by Crippen LogP contribution is 2.62. The van der Waals surface area contributed by atoms with Gasteiger partial charge in [-0.25, -0.2) is 23.9 Å². The highest BCUT2D eigenvalue weighted by molar-refractivity contribution is 7.48. The van der Waals surface area contributed by atoms with Crippen LogP contribution >= 0.6 is 7.82 Å². The van der Waals surface area contributed by atoms with Crippen LogP contribution in [-0.2, 0) is 22.9 Å². The second kappa shape index (κ2) is 8.80. The third-order valence-corrected chi connectivity index (χ3v) is 8.00. The van der Waals surface area contributed by atoms with Crippen molar-refractivity contribution in [1.82, 2.24) is 19.5 Å². The van der Waals surface area contributed by atoms with Crippen molar-refractivity contribution in [2.45, 2.75) is 62.9 Å². The first-order valence-corrected chi connectivity index (χ1v) is 12.7. The van der Waals surface area contributed by atoms with Gasteiger partial charge >= 0.3 is 7.82 Å². The summed E-state index contributed by atoms with van der Waals surface area (Å²) in [4.78, 5) is 12.2. The van der Waals surface area contributed by atoms with E-state index in [2.05, 4.69) is 15.0 Å². The van der Waals surface area contributed by atoms with E-state index in [0.29, 0.717) is 23.1 Å². The lowest BCUT2D eigenvalue weighted by molar-refractivity contribution is -0.0967. The first kappa shape index (κ1) is 25.2. The normalized spacial score (nSPS) is 34.3. The van der Waals surface area contributed by atoms with E-state index in [1.165, 1.54) is 42.3 Å². The molecule has 4 N–H and O–H groups in total. The Hall–Kier alpha value is -2.51. The molecule has 3 aromatic rings. The fourth-order valence-corrected chi connectivity index (χ4v) is 6.20. The molecule has 2 aliphatic rings. The molecule has 12 nitrogen and oxygen atoms in total. The Bertz CT molecular complexity index is 1340. The smallest absolute Gasteiger partial charge is 0.387 e. The number of aliphatic hydroxyl groups is 2. The predicted octanol–water partition coefficient (Wildman–Crippen LogP) is 2.64. The first-order chi connectivity index (χ1) is 16.9. The lowest BCUT2D eigenvalue weighted by atomic mass is 9.96. The number of nitrogens with zero attached hydrogens (tertiary/aromatic N) is 4. The van der Waals surface area contributed by atoms with E-state index in [1.807, 2.05) is 0 Å². The van der Waals surface area contributed by atoms with Crippen molar-refractivity contribution in [3.63, 3.8) is 0 Å². The van der Waals surface area contributed by atoms with Gasteiger partial charge in [0.2, 0.25) is 0 Å². The third-order valence-electron chi connectivity index (χ3n) is 6.30. The van der Waals surface area contributed by atoms with Crippen LogP contribution in [0.1, 0.15) is 45.1 Å². The molecule has 0 spiro atoms. The zero-order valence-electron chi connectivity index (χ0n) is 19.8. The second-order valence-corrected chi connectivity index (χ2v) is 11.3. The van der Waals surface area contributed by atoms with E-state index in [1.54, 1.807) is 19.9 Å². The molecule has 14 heteroatoms. The molecule has 0 bridgehead atoms. The monoisotopic (exact) mass is 523 g/mol. The molecule has 2 fully saturated rings. The largest absolute Gasteiger partial charge is 0.476 e. The number of halogens is 1. The number of aliphatic hydroxyl groups excluding tert-OH is 1. The molecule has 36 heavy (non-hydrogen) atoms. The number of aromatic nitrogens is 4. The minimum Gasteiger partial charge on any atom is -0.387 e. The van der Waals surface area contributed by atoms with Gasteiger partial charge in [-0.15, -0.1) is 0 Å². The summed E-state index contributed by atoms with van der Waals surface area (Å²) in [5.74, 6) is -0.303. The molecule has 0 amide bonds. The quantitative estimate of drug-likeness (QED) is 0.421. The number of phosphoric ester groups is 1. The number of hydrogen-bond donors (Lipinski definition) is 3. The van der Waals surface area contributed by atoms with E-state index in [-0.39, 0.29) is 5.82 Å². The van der Waals surface area contributed by atoms with Crippen LogP contribution in [0.15, 0.2) is 36.9 Å². The highest BCUT2D eigenvalue weighted by atomic mass is 31.2. The molecule has 5 rings (SSSR count). The van der Waals surface area contributed by atoms with Crippen LogP contribution < -0.4 is 5.73 Å². The maximum Gasteiger partial charge on any atom is 0.476 e. The molecule has 0 radical (unpaired) electrons. The summed E-state index contributed by atoms with van der Waals surface area (Å²) in [6.07, 6.45) is -1.50. The number of anilines is 1. The summed E-state index contributed by atoms with van der Waals surface area (Å²) in [7, 11) is -4.17. The van der Waals surface area contributed by atoms with Gasteiger partial charge in [0.25, 0.3) is 0 Å². The number of benzene rings is 1. The first-order valence-electron chi connectivity index (χ1n) is 11.3. The average molecular weight is 523 g/mol.